The van der Waals surface area contributed by atoms with Gasteiger partial charge in [-0.15, -0.1) is 11.3 Å². The number of thiophene rings is 1. The molecule has 6 heteroatoms. The second-order valence-electron chi connectivity index (χ2n) is 2.51. The number of nitrogens with two attached hydrogens (primary N) is 1. The van der Waals surface area contributed by atoms with Gasteiger partial charge in [0.25, 0.3) is 5.91 Å². The number of hydrogen-bond acceptors (Lipinski definition) is 3. The number of anilines is 1. The number of rotatable bonds is 4. The quantitative estimate of drug-likeness (QED) is 0.820. The van der Waals surface area contributed by atoms with Gasteiger partial charge in [-0.3, -0.25) is 9.59 Å². The molecule has 1 aromatic rings. The Balaban J connectivity index is 2.71. The molecule has 0 spiro atoms. The largest absolute Gasteiger partial charge is 0.366 e. The van der Waals surface area contributed by atoms with Crippen molar-refractivity contribution in [2.24, 2.45) is 5.73 Å². The molecule has 1 heterocycles. The van der Waals surface area contributed by atoms with Crippen molar-refractivity contribution in [1.29, 1.82) is 0 Å². The highest BCUT2D eigenvalue weighted by molar-refractivity contribution is 9.09. The van der Waals surface area contributed by atoms with E-state index in [9.17, 15) is 9.59 Å². The van der Waals surface area contributed by atoms with Crippen molar-refractivity contribution in [3.05, 3.63) is 17.0 Å². The van der Waals surface area contributed by atoms with Gasteiger partial charge in [0.05, 0.1) is 5.56 Å². The zero-order chi connectivity index (χ0) is 10.6. The number of alkyl halides is 1. The summed E-state index contributed by atoms with van der Waals surface area (Å²) < 4.78 is 0. The van der Waals surface area contributed by atoms with Crippen molar-refractivity contribution in [2.75, 3.05) is 10.6 Å². The van der Waals surface area contributed by atoms with E-state index >= 15 is 0 Å². The second-order valence-corrected chi connectivity index (χ2v) is 4.22. The summed E-state index contributed by atoms with van der Waals surface area (Å²) in [4.78, 5) is 22.1. The van der Waals surface area contributed by atoms with Crippen LogP contribution in [0.5, 0.6) is 0 Å². The van der Waals surface area contributed by atoms with E-state index < -0.39 is 5.91 Å². The number of amides is 2. The molecule has 1 aromatic heterocycles. The lowest BCUT2D eigenvalue weighted by Crippen LogP contribution is -2.16. The van der Waals surface area contributed by atoms with Crippen LogP contribution >= 0.6 is 27.3 Å². The average Bonchev–Trinajstić information content (AvgIpc) is 2.52. The van der Waals surface area contributed by atoms with Crippen molar-refractivity contribution >= 4 is 44.1 Å². The van der Waals surface area contributed by atoms with Crippen molar-refractivity contribution < 1.29 is 9.59 Å². The van der Waals surface area contributed by atoms with Crippen LogP contribution in [0.1, 0.15) is 16.8 Å². The normalized spacial score (nSPS) is 9.79. The number of nitrogens with one attached hydrogen (secondary N) is 1. The van der Waals surface area contributed by atoms with E-state index in [2.05, 4.69) is 21.2 Å². The molecule has 0 aliphatic heterocycles. The Morgan fingerprint density at radius 1 is 1.57 bits per heavy atom. The fourth-order valence-corrected chi connectivity index (χ4v) is 2.04. The van der Waals surface area contributed by atoms with Gasteiger partial charge in [-0.1, -0.05) is 15.9 Å². The molecule has 2 amide bonds. The fraction of sp³-hybridized carbons (Fsp3) is 0.250. The summed E-state index contributed by atoms with van der Waals surface area (Å²) in [6, 6.07) is 1.59. The minimum absolute atomic E-state index is 0.133. The molecular weight excluding hydrogens is 268 g/mol. The molecule has 76 valence electrons. The zero-order valence-electron chi connectivity index (χ0n) is 7.25. The fourth-order valence-electron chi connectivity index (χ4n) is 0.875. The first-order chi connectivity index (χ1) is 6.65. The van der Waals surface area contributed by atoms with E-state index in [1.807, 2.05) is 0 Å². The van der Waals surface area contributed by atoms with E-state index in [1.54, 1.807) is 11.4 Å². The van der Waals surface area contributed by atoms with Crippen molar-refractivity contribution in [1.82, 2.24) is 0 Å². The van der Waals surface area contributed by atoms with Gasteiger partial charge in [-0.25, -0.2) is 0 Å². The summed E-state index contributed by atoms with van der Waals surface area (Å²) >= 11 is 4.44. The standard InChI is InChI=1S/C8H9BrN2O2S/c9-3-1-6(12)11-8-5(7(10)13)2-4-14-8/h2,4H,1,3H2,(H2,10,13)(H,11,12). The zero-order valence-corrected chi connectivity index (χ0v) is 9.65. The van der Waals surface area contributed by atoms with E-state index in [1.165, 1.54) is 11.3 Å². The first kappa shape index (κ1) is 11.2. The molecular formula is C8H9BrN2O2S. The first-order valence-corrected chi connectivity index (χ1v) is 5.88. The van der Waals surface area contributed by atoms with Gasteiger partial charge in [0, 0.05) is 11.8 Å². The first-order valence-electron chi connectivity index (χ1n) is 3.88. The van der Waals surface area contributed by atoms with Crippen molar-refractivity contribution in [3.8, 4) is 0 Å². The maximum absolute atomic E-state index is 11.2. The lowest BCUT2D eigenvalue weighted by atomic mass is 10.3. The van der Waals surface area contributed by atoms with Crippen molar-refractivity contribution in [3.63, 3.8) is 0 Å². The molecule has 0 saturated heterocycles. The Labute approximate surface area is 93.6 Å². The van der Waals surface area contributed by atoms with Crippen LogP contribution in [0.2, 0.25) is 0 Å². The summed E-state index contributed by atoms with van der Waals surface area (Å²) in [7, 11) is 0. The summed E-state index contributed by atoms with van der Waals surface area (Å²) in [6.07, 6.45) is 0.371. The molecule has 1 rings (SSSR count). The van der Waals surface area contributed by atoms with Gasteiger partial charge in [0.1, 0.15) is 5.00 Å². The molecule has 4 nitrogen and oxygen atoms in total. The monoisotopic (exact) mass is 276 g/mol. The van der Waals surface area contributed by atoms with Gasteiger partial charge in [-0.2, -0.15) is 0 Å². The smallest absolute Gasteiger partial charge is 0.251 e. The van der Waals surface area contributed by atoms with Crippen LogP contribution in [0.15, 0.2) is 11.4 Å². The number of halogens is 1. The summed E-state index contributed by atoms with van der Waals surface area (Å²) in [5.74, 6) is -0.660. The van der Waals surface area contributed by atoms with Gasteiger partial charge in [-0.05, 0) is 11.4 Å². The molecule has 0 bridgehead atoms. The predicted molar refractivity (Wildman–Crippen MR) is 59.9 cm³/mol. The van der Waals surface area contributed by atoms with Crippen LogP contribution in [0.4, 0.5) is 5.00 Å². The van der Waals surface area contributed by atoms with Gasteiger partial charge >= 0.3 is 0 Å². The summed E-state index contributed by atoms with van der Waals surface area (Å²) in [6.45, 7) is 0. The molecule has 0 fully saturated rings. The lowest BCUT2D eigenvalue weighted by molar-refractivity contribution is -0.115. The third-order valence-corrected chi connectivity index (χ3v) is 2.73. The molecule has 0 radical (unpaired) electrons. The van der Waals surface area contributed by atoms with Gasteiger partial charge in [0.15, 0.2) is 0 Å². The number of primary amides is 1. The second kappa shape index (κ2) is 5.11. The topological polar surface area (TPSA) is 72.2 Å². The molecule has 0 aliphatic carbocycles. The van der Waals surface area contributed by atoms with Crippen LogP contribution in [0.3, 0.4) is 0 Å². The minimum Gasteiger partial charge on any atom is -0.366 e. The maximum atomic E-state index is 11.2. The predicted octanol–water partition coefficient (Wildman–Crippen LogP) is 1.57. The minimum atomic E-state index is -0.527. The Morgan fingerprint density at radius 2 is 2.29 bits per heavy atom. The molecule has 0 aromatic carbocycles. The van der Waals surface area contributed by atoms with Crippen LogP contribution in [-0.2, 0) is 4.79 Å². The van der Waals surface area contributed by atoms with Crippen LogP contribution < -0.4 is 11.1 Å². The molecule has 0 atom stereocenters. The Hall–Kier alpha value is -0.880. The third kappa shape index (κ3) is 2.81. The van der Waals surface area contributed by atoms with Crippen molar-refractivity contribution in [2.45, 2.75) is 6.42 Å². The number of carbonyl (C=O) groups is 2. The third-order valence-electron chi connectivity index (χ3n) is 1.51. The Bertz CT molecular complexity index is 351. The Morgan fingerprint density at radius 3 is 2.86 bits per heavy atom. The number of carbonyl (C=O) groups excluding carboxylic acids is 2. The van der Waals surface area contributed by atoms with Crippen LogP contribution in [-0.4, -0.2) is 17.1 Å². The maximum Gasteiger partial charge on any atom is 0.251 e. The number of hydrogen-bond donors (Lipinski definition) is 2. The highest BCUT2D eigenvalue weighted by Gasteiger charge is 2.11. The van der Waals surface area contributed by atoms with E-state index in [-0.39, 0.29) is 5.91 Å². The van der Waals surface area contributed by atoms with Gasteiger partial charge in [0.2, 0.25) is 5.91 Å². The van der Waals surface area contributed by atoms with E-state index in [4.69, 9.17) is 5.73 Å². The lowest BCUT2D eigenvalue weighted by Gasteiger charge is -2.02. The van der Waals surface area contributed by atoms with Crippen LogP contribution in [0.25, 0.3) is 0 Å². The molecule has 3 N–H and O–H groups in total. The highest BCUT2D eigenvalue weighted by Crippen LogP contribution is 2.22. The molecule has 0 saturated carbocycles. The molecule has 0 unspecified atom stereocenters. The molecule has 0 aliphatic rings. The van der Waals surface area contributed by atoms with E-state index in [0.29, 0.717) is 22.3 Å². The summed E-state index contributed by atoms with van der Waals surface area (Å²) in [5, 5.41) is 5.44. The Kier molecular flexibility index (Phi) is 4.09. The van der Waals surface area contributed by atoms with Gasteiger partial charge < -0.3 is 11.1 Å². The van der Waals surface area contributed by atoms with E-state index in [0.717, 1.165) is 0 Å². The SMILES string of the molecule is NC(=O)c1ccsc1NC(=O)CCBr. The average molecular weight is 277 g/mol. The molecule has 14 heavy (non-hydrogen) atoms. The summed E-state index contributed by atoms with van der Waals surface area (Å²) in [5.41, 5.74) is 5.48. The van der Waals surface area contributed by atoms with Crippen LogP contribution in [0, 0.1) is 0 Å². The highest BCUT2D eigenvalue weighted by atomic mass is 79.9.